The number of nitrogens with one attached hydrogen (secondary N) is 2. The molecular formula is C27H31N5O4. The first-order chi connectivity index (χ1) is 17.4. The van der Waals surface area contributed by atoms with Crippen molar-refractivity contribution in [3.63, 3.8) is 0 Å². The fourth-order valence-electron chi connectivity index (χ4n) is 4.44. The van der Waals surface area contributed by atoms with E-state index >= 15 is 0 Å². The largest absolute Gasteiger partial charge is 0.497 e. The number of hydrogen-bond acceptors (Lipinski definition) is 5. The number of methoxy groups -OCH3 is 1. The number of carbonyl (C=O) groups excluding carboxylic acids is 3. The van der Waals surface area contributed by atoms with Gasteiger partial charge in [0.1, 0.15) is 17.0 Å². The third-order valence-corrected chi connectivity index (χ3v) is 6.39. The minimum absolute atomic E-state index is 0.0516. The molecule has 0 radical (unpaired) electrons. The number of aromatic nitrogens is 2. The molecule has 9 heteroatoms. The SMILES string of the molecule is CCCN1C(=O)c2c(C(=O)NCc3cccc(OC)c3)ncn2C[C@@]1(C)C(=O)NCc1ccccc1. The van der Waals surface area contributed by atoms with E-state index in [0.29, 0.717) is 25.3 Å². The quantitative estimate of drug-likeness (QED) is 0.481. The topological polar surface area (TPSA) is 106 Å². The van der Waals surface area contributed by atoms with Crippen LogP contribution in [0.15, 0.2) is 60.9 Å². The number of fused-ring (bicyclic) bond motifs is 1. The molecular weight excluding hydrogens is 458 g/mol. The molecule has 2 aromatic carbocycles. The van der Waals surface area contributed by atoms with Crippen molar-refractivity contribution in [1.82, 2.24) is 25.1 Å². The molecule has 1 atom stereocenters. The van der Waals surface area contributed by atoms with E-state index in [1.165, 1.54) is 6.33 Å². The first kappa shape index (κ1) is 25.0. The van der Waals surface area contributed by atoms with Crippen LogP contribution in [-0.4, -0.2) is 51.4 Å². The standard InChI is InChI=1S/C27H31N5O4/c1-4-13-32-25(34)23-22(24(33)28-16-20-11-8-12-21(14-20)36-3)30-18-31(23)17-27(32,2)26(35)29-15-19-9-6-5-7-10-19/h5-12,14,18H,4,13,15-17H2,1-3H3,(H,28,33)(H,29,35)/t27-/m0/s1. The second kappa shape index (κ2) is 10.6. The Labute approximate surface area is 210 Å². The summed E-state index contributed by atoms with van der Waals surface area (Å²) in [6.07, 6.45) is 2.12. The van der Waals surface area contributed by atoms with E-state index in [1.807, 2.05) is 61.5 Å². The van der Waals surface area contributed by atoms with Crippen molar-refractivity contribution in [3.05, 3.63) is 83.4 Å². The summed E-state index contributed by atoms with van der Waals surface area (Å²) in [6, 6.07) is 17.0. The highest BCUT2D eigenvalue weighted by Crippen LogP contribution is 2.29. The van der Waals surface area contributed by atoms with E-state index in [9.17, 15) is 14.4 Å². The summed E-state index contributed by atoms with van der Waals surface area (Å²) in [5, 5.41) is 5.80. The van der Waals surface area contributed by atoms with Gasteiger partial charge in [0.2, 0.25) is 5.91 Å². The van der Waals surface area contributed by atoms with E-state index in [2.05, 4.69) is 15.6 Å². The summed E-state index contributed by atoms with van der Waals surface area (Å²) >= 11 is 0. The molecule has 2 N–H and O–H groups in total. The second-order valence-electron chi connectivity index (χ2n) is 9.00. The highest BCUT2D eigenvalue weighted by atomic mass is 16.5. The molecule has 0 spiro atoms. The fourth-order valence-corrected chi connectivity index (χ4v) is 4.44. The average molecular weight is 490 g/mol. The maximum absolute atomic E-state index is 13.6. The molecule has 3 amide bonds. The normalized spacial score (nSPS) is 16.9. The maximum atomic E-state index is 13.6. The Morgan fingerprint density at radius 2 is 1.78 bits per heavy atom. The smallest absolute Gasteiger partial charge is 0.273 e. The molecule has 2 heterocycles. The van der Waals surface area contributed by atoms with Gasteiger partial charge in [0.15, 0.2) is 5.69 Å². The second-order valence-corrected chi connectivity index (χ2v) is 9.00. The third-order valence-electron chi connectivity index (χ3n) is 6.39. The molecule has 0 bridgehead atoms. The van der Waals surface area contributed by atoms with Crippen LogP contribution in [0.5, 0.6) is 5.75 Å². The molecule has 1 aliphatic heterocycles. The van der Waals surface area contributed by atoms with Gasteiger partial charge in [0.25, 0.3) is 11.8 Å². The zero-order valence-electron chi connectivity index (χ0n) is 20.8. The lowest BCUT2D eigenvalue weighted by atomic mass is 9.94. The van der Waals surface area contributed by atoms with Gasteiger partial charge in [0.05, 0.1) is 20.0 Å². The summed E-state index contributed by atoms with van der Waals surface area (Å²) < 4.78 is 6.84. The van der Waals surface area contributed by atoms with Crippen LogP contribution >= 0.6 is 0 Å². The average Bonchev–Trinajstić information content (AvgIpc) is 3.32. The number of nitrogens with zero attached hydrogens (tertiary/aromatic N) is 3. The summed E-state index contributed by atoms with van der Waals surface area (Å²) in [5.74, 6) is -0.397. The number of rotatable bonds is 9. The number of imidazole rings is 1. The van der Waals surface area contributed by atoms with Crippen LogP contribution in [0.25, 0.3) is 0 Å². The minimum atomic E-state index is -1.12. The van der Waals surface area contributed by atoms with Gasteiger partial charge in [-0.15, -0.1) is 0 Å². The molecule has 0 aliphatic carbocycles. The van der Waals surface area contributed by atoms with Crippen LogP contribution in [-0.2, 0) is 24.4 Å². The van der Waals surface area contributed by atoms with Gasteiger partial charge < -0.3 is 24.8 Å². The van der Waals surface area contributed by atoms with Crippen molar-refractivity contribution in [3.8, 4) is 5.75 Å². The summed E-state index contributed by atoms with van der Waals surface area (Å²) in [6.45, 7) is 4.90. The molecule has 1 aromatic heterocycles. The molecule has 1 aliphatic rings. The van der Waals surface area contributed by atoms with Crippen molar-refractivity contribution in [1.29, 1.82) is 0 Å². The van der Waals surface area contributed by atoms with Crippen LogP contribution in [0.3, 0.4) is 0 Å². The lowest BCUT2D eigenvalue weighted by molar-refractivity contribution is -0.133. The first-order valence-corrected chi connectivity index (χ1v) is 12.0. The lowest BCUT2D eigenvalue weighted by Crippen LogP contribution is -2.64. The zero-order valence-corrected chi connectivity index (χ0v) is 20.8. The number of hydrogen-bond donors (Lipinski definition) is 2. The molecule has 4 rings (SSSR count). The van der Waals surface area contributed by atoms with Crippen LogP contribution in [0.2, 0.25) is 0 Å². The molecule has 188 valence electrons. The van der Waals surface area contributed by atoms with Gasteiger partial charge in [-0.3, -0.25) is 14.4 Å². The van der Waals surface area contributed by atoms with Gasteiger partial charge in [-0.1, -0.05) is 49.4 Å². The zero-order chi connectivity index (χ0) is 25.7. The Hall–Kier alpha value is -4.14. The van der Waals surface area contributed by atoms with Gasteiger partial charge in [-0.2, -0.15) is 0 Å². The summed E-state index contributed by atoms with van der Waals surface area (Å²) in [7, 11) is 1.58. The van der Waals surface area contributed by atoms with Crippen molar-refractivity contribution in [2.24, 2.45) is 0 Å². The Kier molecular flexibility index (Phi) is 7.38. The predicted octanol–water partition coefficient (Wildman–Crippen LogP) is 2.76. The van der Waals surface area contributed by atoms with Gasteiger partial charge >= 0.3 is 0 Å². The van der Waals surface area contributed by atoms with E-state index in [-0.39, 0.29) is 36.3 Å². The summed E-state index contributed by atoms with van der Waals surface area (Å²) in [5.41, 5.74) is 0.953. The Balaban J connectivity index is 1.53. The molecule has 0 saturated carbocycles. The number of ether oxygens (including phenoxy) is 1. The Morgan fingerprint density at radius 1 is 1.06 bits per heavy atom. The van der Waals surface area contributed by atoms with Crippen molar-refractivity contribution in [2.45, 2.75) is 45.4 Å². The van der Waals surface area contributed by atoms with Crippen LogP contribution < -0.4 is 15.4 Å². The molecule has 0 fully saturated rings. The molecule has 3 aromatic rings. The first-order valence-electron chi connectivity index (χ1n) is 12.0. The van der Waals surface area contributed by atoms with E-state index < -0.39 is 11.4 Å². The lowest BCUT2D eigenvalue weighted by Gasteiger charge is -2.43. The molecule has 36 heavy (non-hydrogen) atoms. The maximum Gasteiger partial charge on any atom is 0.273 e. The Bertz CT molecular complexity index is 1260. The highest BCUT2D eigenvalue weighted by Gasteiger charge is 2.48. The van der Waals surface area contributed by atoms with Crippen molar-refractivity contribution in [2.75, 3.05) is 13.7 Å². The van der Waals surface area contributed by atoms with E-state index in [0.717, 1.165) is 11.1 Å². The minimum Gasteiger partial charge on any atom is -0.497 e. The van der Waals surface area contributed by atoms with Crippen LogP contribution in [0.4, 0.5) is 0 Å². The van der Waals surface area contributed by atoms with Crippen molar-refractivity contribution >= 4 is 17.7 Å². The van der Waals surface area contributed by atoms with Crippen molar-refractivity contribution < 1.29 is 19.1 Å². The molecule has 9 nitrogen and oxygen atoms in total. The third kappa shape index (κ3) is 4.95. The molecule has 0 unspecified atom stereocenters. The van der Waals surface area contributed by atoms with Crippen LogP contribution in [0, 0.1) is 0 Å². The highest BCUT2D eigenvalue weighted by molar-refractivity contribution is 6.07. The Morgan fingerprint density at radius 3 is 2.50 bits per heavy atom. The predicted molar refractivity (Wildman–Crippen MR) is 134 cm³/mol. The monoisotopic (exact) mass is 489 g/mol. The number of amides is 3. The fraction of sp³-hybridized carbons (Fsp3) is 0.333. The van der Waals surface area contributed by atoms with Gasteiger partial charge in [-0.25, -0.2) is 4.98 Å². The van der Waals surface area contributed by atoms with Crippen LogP contribution in [0.1, 0.15) is 52.4 Å². The van der Waals surface area contributed by atoms with Gasteiger partial charge in [0, 0.05) is 19.6 Å². The summed E-state index contributed by atoms with van der Waals surface area (Å²) in [4.78, 5) is 45.8. The van der Waals surface area contributed by atoms with E-state index in [4.69, 9.17) is 4.74 Å². The van der Waals surface area contributed by atoms with E-state index in [1.54, 1.807) is 23.5 Å². The number of benzene rings is 2. The number of carbonyl (C=O) groups is 3. The molecule has 0 saturated heterocycles. The van der Waals surface area contributed by atoms with Gasteiger partial charge in [-0.05, 0) is 36.6 Å².